The highest BCUT2D eigenvalue weighted by Crippen LogP contribution is 2.66. The summed E-state index contributed by atoms with van der Waals surface area (Å²) in [5.74, 6) is 0.246. The van der Waals surface area contributed by atoms with E-state index in [1.165, 1.54) is 0 Å². The first-order valence-electron chi connectivity index (χ1n) is 14.9. The Balaban J connectivity index is 1.57. The number of hydrogen-bond acceptors (Lipinski definition) is 6. The Labute approximate surface area is 223 Å². The van der Waals surface area contributed by atoms with Crippen LogP contribution < -0.4 is 0 Å². The predicted octanol–water partition coefficient (Wildman–Crippen LogP) is 4.83. The van der Waals surface area contributed by atoms with E-state index < -0.39 is 12.2 Å². The maximum absolute atomic E-state index is 13.8. The third kappa shape index (κ3) is 5.07. The molecule has 3 N–H and O–H groups in total. The highest BCUT2D eigenvalue weighted by Gasteiger charge is 2.66. The van der Waals surface area contributed by atoms with Crippen LogP contribution >= 0.6 is 0 Å². The highest BCUT2D eigenvalue weighted by molar-refractivity contribution is 5.94. The van der Waals surface area contributed by atoms with Gasteiger partial charge in [-0.2, -0.15) is 0 Å². The molecule has 3 saturated carbocycles. The summed E-state index contributed by atoms with van der Waals surface area (Å²) >= 11 is 0. The van der Waals surface area contributed by atoms with E-state index in [-0.39, 0.29) is 59.0 Å². The molecule has 0 radical (unpaired) electrons. The number of allylic oxidation sites excluding steroid dienone is 1. The Morgan fingerprint density at radius 3 is 2.51 bits per heavy atom. The number of esters is 1. The molecule has 0 heterocycles. The summed E-state index contributed by atoms with van der Waals surface area (Å²) in [5, 5.41) is 32.6. The third-order valence-corrected chi connectivity index (χ3v) is 11.3. The smallest absolute Gasteiger partial charge is 0.305 e. The Morgan fingerprint density at radius 2 is 1.86 bits per heavy atom. The van der Waals surface area contributed by atoms with Crippen LogP contribution in [0.4, 0.5) is 0 Å². The van der Waals surface area contributed by atoms with Crippen molar-refractivity contribution in [3.05, 3.63) is 11.6 Å². The lowest BCUT2D eigenvalue weighted by Crippen LogP contribution is -2.60. The fraction of sp³-hybridized carbons (Fsp3) is 0.871. The molecule has 0 bridgehead atoms. The molecule has 0 aromatic carbocycles. The number of rotatable bonds is 9. The molecule has 210 valence electrons. The quantitative estimate of drug-likeness (QED) is 0.378. The van der Waals surface area contributed by atoms with Gasteiger partial charge in [-0.15, -0.1) is 0 Å². The molecule has 11 atom stereocenters. The minimum absolute atomic E-state index is 0.0382. The van der Waals surface area contributed by atoms with Crippen LogP contribution in [-0.4, -0.2) is 52.0 Å². The van der Waals surface area contributed by atoms with E-state index in [9.17, 15) is 24.9 Å². The van der Waals surface area contributed by atoms with E-state index in [4.69, 9.17) is 4.74 Å². The van der Waals surface area contributed by atoms with Crippen LogP contribution in [0, 0.1) is 46.3 Å². The van der Waals surface area contributed by atoms with Gasteiger partial charge >= 0.3 is 5.97 Å². The molecular weight excluding hydrogens is 468 g/mol. The first kappa shape index (κ1) is 28.8. The van der Waals surface area contributed by atoms with Crippen molar-refractivity contribution in [2.75, 3.05) is 6.61 Å². The van der Waals surface area contributed by atoms with Gasteiger partial charge in [0, 0.05) is 37.2 Å². The molecule has 6 heteroatoms. The Hall–Kier alpha value is -1.24. The summed E-state index contributed by atoms with van der Waals surface area (Å²) in [7, 11) is 0. The molecule has 0 spiro atoms. The molecule has 6 nitrogen and oxygen atoms in total. The summed E-state index contributed by atoms with van der Waals surface area (Å²) in [5.41, 5.74) is 0.397. The van der Waals surface area contributed by atoms with Gasteiger partial charge in [-0.25, -0.2) is 0 Å². The van der Waals surface area contributed by atoms with Crippen LogP contribution in [0.3, 0.4) is 0 Å². The van der Waals surface area contributed by atoms with Crippen molar-refractivity contribution in [1.82, 2.24) is 0 Å². The first-order chi connectivity index (χ1) is 17.5. The van der Waals surface area contributed by atoms with Crippen LogP contribution in [-0.2, 0) is 14.3 Å². The number of ketones is 1. The van der Waals surface area contributed by atoms with Crippen molar-refractivity contribution < 1.29 is 29.6 Å². The summed E-state index contributed by atoms with van der Waals surface area (Å²) in [6.45, 7) is 10.9. The van der Waals surface area contributed by atoms with Crippen molar-refractivity contribution in [2.24, 2.45) is 46.3 Å². The summed E-state index contributed by atoms with van der Waals surface area (Å²) in [4.78, 5) is 25.7. The van der Waals surface area contributed by atoms with Gasteiger partial charge in [-0.1, -0.05) is 59.5 Å². The largest absolute Gasteiger partial charge is 0.462 e. The van der Waals surface area contributed by atoms with E-state index >= 15 is 0 Å². The second-order valence-electron chi connectivity index (χ2n) is 13.3. The van der Waals surface area contributed by atoms with Crippen LogP contribution in [0.5, 0.6) is 0 Å². The molecule has 37 heavy (non-hydrogen) atoms. The second-order valence-corrected chi connectivity index (χ2v) is 13.3. The summed E-state index contributed by atoms with van der Waals surface area (Å²) < 4.78 is 5.63. The van der Waals surface area contributed by atoms with Crippen molar-refractivity contribution >= 4 is 11.8 Å². The van der Waals surface area contributed by atoms with Gasteiger partial charge in [0.25, 0.3) is 0 Å². The van der Waals surface area contributed by atoms with E-state index in [0.29, 0.717) is 37.5 Å². The van der Waals surface area contributed by atoms with Gasteiger partial charge in [0.2, 0.25) is 0 Å². The van der Waals surface area contributed by atoms with Crippen LogP contribution in [0.25, 0.3) is 0 Å². The highest BCUT2D eigenvalue weighted by atomic mass is 16.5. The number of aliphatic hydroxyl groups is 3. The topological polar surface area (TPSA) is 104 Å². The lowest BCUT2D eigenvalue weighted by molar-refractivity contribution is -0.164. The maximum atomic E-state index is 13.8. The lowest BCUT2D eigenvalue weighted by Gasteiger charge is -2.59. The minimum atomic E-state index is -0.601. The van der Waals surface area contributed by atoms with Crippen LogP contribution in [0.15, 0.2) is 11.6 Å². The maximum Gasteiger partial charge on any atom is 0.305 e. The van der Waals surface area contributed by atoms with Gasteiger partial charge in [-0.3, -0.25) is 9.59 Å². The molecule has 4 aliphatic carbocycles. The Bertz CT molecular complexity index is 883. The first-order valence-corrected chi connectivity index (χ1v) is 14.9. The van der Waals surface area contributed by atoms with Crippen molar-refractivity contribution in [3.63, 3.8) is 0 Å². The van der Waals surface area contributed by atoms with Gasteiger partial charge < -0.3 is 20.1 Å². The number of fused-ring (bicyclic) bond motifs is 5. The average Bonchev–Trinajstić information content (AvgIpc) is 3.11. The predicted molar refractivity (Wildman–Crippen MR) is 142 cm³/mol. The van der Waals surface area contributed by atoms with Gasteiger partial charge in [0.1, 0.15) is 6.10 Å². The summed E-state index contributed by atoms with van der Waals surface area (Å²) in [6, 6.07) is 0. The zero-order valence-corrected chi connectivity index (χ0v) is 23.6. The van der Waals surface area contributed by atoms with E-state index in [2.05, 4.69) is 27.7 Å². The SMILES string of the molecule is CCC(=O)OC1CCC2(C)C(=CC(=O)C3C2C(O)CC2(C)C(C(C)CCC(CC)CCO)CC(O)C32)C1. The number of carbonyl (C=O) groups is 2. The number of carbonyl (C=O) groups excluding carboxylic acids is 2. The molecule has 0 aromatic heterocycles. The fourth-order valence-electron chi connectivity index (χ4n) is 9.28. The number of aliphatic hydroxyl groups excluding tert-OH is 3. The summed E-state index contributed by atoms with van der Waals surface area (Å²) in [6.07, 6.45) is 8.14. The second kappa shape index (κ2) is 11.1. The average molecular weight is 519 g/mol. The van der Waals surface area contributed by atoms with E-state index in [1.54, 1.807) is 13.0 Å². The number of hydrogen-bond donors (Lipinski definition) is 3. The van der Waals surface area contributed by atoms with Crippen LogP contribution in [0.1, 0.15) is 98.8 Å². The standard InChI is InChI=1S/C31H50O6/c1-6-19(11-13-32)9-8-18(3)22-16-24(34)28-27-23(33)15-20-14-21(37-26(36)7-2)10-12-30(20,4)29(27)25(35)17-31(22,28)5/h15,18-19,21-22,24-25,27-29,32,34-35H,6-14,16-17H2,1-5H3. The third-order valence-electron chi connectivity index (χ3n) is 11.3. The monoisotopic (exact) mass is 518 g/mol. The molecule has 4 aliphatic rings. The minimum Gasteiger partial charge on any atom is -0.462 e. The molecule has 0 aliphatic heterocycles. The molecule has 11 unspecified atom stereocenters. The van der Waals surface area contributed by atoms with Gasteiger partial charge in [0.15, 0.2) is 5.78 Å². The van der Waals surface area contributed by atoms with Crippen molar-refractivity contribution in [1.29, 1.82) is 0 Å². The molecule has 3 fully saturated rings. The zero-order chi connectivity index (χ0) is 27.1. The molecule has 0 amide bonds. The fourth-order valence-corrected chi connectivity index (χ4v) is 9.28. The molecule has 0 saturated heterocycles. The zero-order valence-electron chi connectivity index (χ0n) is 23.6. The molecular formula is C31H50O6. The van der Waals surface area contributed by atoms with Gasteiger partial charge in [-0.05, 0) is 66.8 Å². The Kier molecular flexibility index (Phi) is 8.62. The lowest BCUT2D eigenvalue weighted by atomic mass is 9.45. The van der Waals surface area contributed by atoms with Crippen LogP contribution in [0.2, 0.25) is 0 Å². The van der Waals surface area contributed by atoms with E-state index in [0.717, 1.165) is 44.1 Å². The van der Waals surface area contributed by atoms with Crippen molar-refractivity contribution in [2.45, 2.75) is 117 Å². The number of ether oxygens (including phenoxy) is 1. The normalized spacial score (nSPS) is 42.8. The molecule has 0 aromatic rings. The van der Waals surface area contributed by atoms with Crippen molar-refractivity contribution in [3.8, 4) is 0 Å². The van der Waals surface area contributed by atoms with E-state index in [1.807, 2.05) is 0 Å². The van der Waals surface area contributed by atoms with Gasteiger partial charge in [0.05, 0.1) is 12.2 Å². The molecule has 4 rings (SSSR count). The Morgan fingerprint density at radius 1 is 1.14 bits per heavy atom.